The number of carbonyl (C=O) groups excluding carboxylic acids is 4. The number of esters is 4. The van der Waals surface area contributed by atoms with Gasteiger partial charge in [-0.2, -0.15) is 0 Å². The number of aliphatic hydroxyl groups is 1. The van der Waals surface area contributed by atoms with Gasteiger partial charge in [0.1, 0.15) is 19.3 Å². The lowest BCUT2D eigenvalue weighted by Crippen LogP contribution is -2.30. The maximum atomic E-state index is 13.0. The predicted octanol–water partition coefficient (Wildman–Crippen LogP) is 20.1. The van der Waals surface area contributed by atoms with Gasteiger partial charge in [0, 0.05) is 25.7 Å². The molecule has 0 fully saturated rings. The molecule has 19 heteroatoms. The first-order valence-corrected chi connectivity index (χ1v) is 39.7. The van der Waals surface area contributed by atoms with Crippen molar-refractivity contribution in [3.8, 4) is 0 Å². The van der Waals surface area contributed by atoms with Crippen molar-refractivity contribution in [3.63, 3.8) is 0 Å². The highest BCUT2D eigenvalue weighted by Crippen LogP contribution is 2.45. The smallest absolute Gasteiger partial charge is 0.462 e. The second-order valence-electron chi connectivity index (χ2n) is 27.5. The van der Waals surface area contributed by atoms with Gasteiger partial charge in [-0.05, 0) is 49.4 Å². The van der Waals surface area contributed by atoms with Crippen LogP contribution in [0.15, 0.2) is 0 Å². The number of aliphatic hydroxyl groups excluding tert-OH is 1. The van der Waals surface area contributed by atoms with Crippen LogP contribution in [0.25, 0.3) is 0 Å². The minimum Gasteiger partial charge on any atom is -0.462 e. The zero-order chi connectivity index (χ0) is 66.8. The third kappa shape index (κ3) is 64.8. The number of rotatable bonds is 68. The number of hydrogen-bond acceptors (Lipinski definition) is 15. The van der Waals surface area contributed by atoms with Crippen LogP contribution in [0.2, 0.25) is 0 Å². The van der Waals surface area contributed by atoms with Crippen LogP contribution in [0.3, 0.4) is 0 Å². The zero-order valence-corrected chi connectivity index (χ0v) is 60.6. The summed E-state index contributed by atoms with van der Waals surface area (Å²) in [6.45, 7) is 14.0. The highest BCUT2D eigenvalue weighted by atomic mass is 31.2. The summed E-state index contributed by atoms with van der Waals surface area (Å²) >= 11 is 0. The van der Waals surface area contributed by atoms with Crippen molar-refractivity contribution in [2.45, 2.75) is 369 Å². The third-order valence-electron chi connectivity index (χ3n) is 16.3. The fraction of sp³-hybridized carbons (Fsp3) is 0.944. The van der Waals surface area contributed by atoms with Crippen molar-refractivity contribution in [1.29, 1.82) is 0 Å². The summed E-state index contributed by atoms with van der Waals surface area (Å²) in [5.74, 6) is 0.792. The second kappa shape index (κ2) is 60.7. The van der Waals surface area contributed by atoms with Gasteiger partial charge in [0.05, 0.1) is 26.4 Å². The lowest BCUT2D eigenvalue weighted by Gasteiger charge is -2.21. The number of ether oxygens (including phenoxy) is 4. The van der Waals surface area contributed by atoms with Gasteiger partial charge in [-0.1, -0.05) is 299 Å². The Balaban J connectivity index is 5.15. The van der Waals surface area contributed by atoms with Crippen LogP contribution >= 0.6 is 15.6 Å². The van der Waals surface area contributed by atoms with Crippen molar-refractivity contribution in [1.82, 2.24) is 0 Å². The summed E-state index contributed by atoms with van der Waals surface area (Å²) in [6.07, 6.45) is 43.4. The Kier molecular flexibility index (Phi) is 59.4. The maximum Gasteiger partial charge on any atom is 0.472 e. The van der Waals surface area contributed by atoms with Gasteiger partial charge < -0.3 is 33.8 Å². The summed E-state index contributed by atoms with van der Waals surface area (Å²) in [5, 5.41) is 10.6. The van der Waals surface area contributed by atoms with Crippen LogP contribution in [0.5, 0.6) is 0 Å². The molecule has 0 saturated heterocycles. The zero-order valence-electron chi connectivity index (χ0n) is 58.8. The fourth-order valence-corrected chi connectivity index (χ4v) is 12.2. The Labute approximate surface area is 549 Å². The van der Waals surface area contributed by atoms with Gasteiger partial charge in [-0.25, -0.2) is 9.13 Å². The van der Waals surface area contributed by atoms with Crippen molar-refractivity contribution in [2.75, 3.05) is 39.6 Å². The average molecular weight is 1330 g/mol. The van der Waals surface area contributed by atoms with Crippen molar-refractivity contribution < 1.29 is 80.2 Å². The normalized spacial score (nSPS) is 14.3. The first-order chi connectivity index (χ1) is 43.1. The minimum absolute atomic E-state index is 0.102. The first kappa shape index (κ1) is 88.1. The molecule has 0 aromatic carbocycles. The molecule has 0 heterocycles. The van der Waals surface area contributed by atoms with Crippen LogP contribution in [0.4, 0.5) is 0 Å². The lowest BCUT2D eigenvalue weighted by molar-refractivity contribution is -0.161. The average Bonchev–Trinajstić information content (AvgIpc) is 3.58. The molecular formula is C71H138O17P2. The van der Waals surface area contributed by atoms with Crippen LogP contribution in [-0.4, -0.2) is 96.7 Å². The van der Waals surface area contributed by atoms with Crippen LogP contribution in [0, 0.1) is 23.7 Å². The number of phosphoric ester groups is 2. The molecule has 0 aliphatic rings. The summed E-state index contributed by atoms with van der Waals surface area (Å²) in [4.78, 5) is 72.5. The van der Waals surface area contributed by atoms with E-state index in [0.717, 1.165) is 108 Å². The monoisotopic (exact) mass is 1320 g/mol. The summed E-state index contributed by atoms with van der Waals surface area (Å²) < 4.78 is 68.2. The summed E-state index contributed by atoms with van der Waals surface area (Å²) in [5.41, 5.74) is 0. The fourth-order valence-electron chi connectivity index (χ4n) is 10.7. The van der Waals surface area contributed by atoms with Gasteiger partial charge in [-0.3, -0.25) is 37.3 Å². The summed E-state index contributed by atoms with van der Waals surface area (Å²) in [7, 11) is -9.90. The molecule has 17 nitrogen and oxygen atoms in total. The van der Waals surface area contributed by atoms with Crippen LogP contribution < -0.4 is 0 Å². The highest BCUT2D eigenvalue weighted by Gasteiger charge is 2.30. The number of hydrogen-bond donors (Lipinski definition) is 3. The first-order valence-electron chi connectivity index (χ1n) is 36.7. The van der Waals surface area contributed by atoms with Gasteiger partial charge >= 0.3 is 39.5 Å². The van der Waals surface area contributed by atoms with Crippen LogP contribution in [0.1, 0.15) is 351 Å². The minimum atomic E-state index is -4.95. The molecule has 0 saturated carbocycles. The molecule has 534 valence electrons. The largest absolute Gasteiger partial charge is 0.472 e. The Bertz CT molecular complexity index is 1780. The Morgan fingerprint density at radius 1 is 0.278 bits per heavy atom. The molecule has 0 aromatic heterocycles. The molecular weight excluding hydrogens is 1190 g/mol. The molecule has 90 heavy (non-hydrogen) atoms. The number of phosphoric acid groups is 2. The van der Waals surface area contributed by atoms with E-state index in [1.165, 1.54) is 154 Å². The Morgan fingerprint density at radius 3 is 0.689 bits per heavy atom. The molecule has 0 aliphatic heterocycles. The lowest BCUT2D eigenvalue weighted by atomic mass is 10.0. The van der Waals surface area contributed by atoms with Crippen molar-refractivity contribution in [2.24, 2.45) is 23.7 Å². The number of unbranched alkanes of at least 4 members (excludes halogenated alkanes) is 34. The van der Waals surface area contributed by atoms with E-state index >= 15 is 0 Å². The molecule has 0 bridgehead atoms. The molecule has 3 unspecified atom stereocenters. The molecule has 0 rings (SSSR count). The van der Waals surface area contributed by atoms with Crippen LogP contribution in [-0.2, 0) is 65.4 Å². The van der Waals surface area contributed by atoms with E-state index in [1.54, 1.807) is 0 Å². The number of carbonyl (C=O) groups is 4. The van der Waals surface area contributed by atoms with E-state index in [2.05, 4.69) is 55.4 Å². The van der Waals surface area contributed by atoms with Gasteiger partial charge in [0.15, 0.2) is 12.2 Å². The molecule has 0 aliphatic carbocycles. The van der Waals surface area contributed by atoms with E-state index in [0.29, 0.717) is 31.6 Å². The van der Waals surface area contributed by atoms with Gasteiger partial charge in [0.25, 0.3) is 0 Å². The third-order valence-corrected chi connectivity index (χ3v) is 18.2. The molecule has 0 aromatic rings. The Morgan fingerprint density at radius 2 is 0.467 bits per heavy atom. The van der Waals surface area contributed by atoms with Gasteiger partial charge in [-0.15, -0.1) is 0 Å². The standard InChI is InChI=1S/C71H138O17P2/c1-61(2)47-39-31-23-17-15-13-11-9-10-12-14-16-18-26-35-43-51-68(73)81-58-67(88-71(76)54-46-38-30-29-34-42-50-64(7)8)60-86-90(79,80)84-56-65(72)55-83-89(77,78)85-59-66(87-70(75)53-45-37-28-22-20-25-33-41-49-63(5)6)57-82-69(74)52-44-36-27-21-19-24-32-40-48-62(3)4/h61-67,72H,9-60H2,1-8H3,(H,77,78)(H,79,80)/t65?,66-,67-/m1/s1. The van der Waals surface area contributed by atoms with E-state index in [4.69, 9.17) is 37.0 Å². The Hall–Kier alpha value is -1.94. The van der Waals surface area contributed by atoms with E-state index in [1.807, 2.05) is 0 Å². The SMILES string of the molecule is CC(C)CCCCCCCCCCCCCCCCCCC(=O)OC[C@H](COP(=O)(O)OCC(O)COP(=O)(O)OC[C@@H](COC(=O)CCCCCCCCCCC(C)C)OC(=O)CCCCCCCCCCC(C)C)OC(=O)CCCCCCCCC(C)C. The van der Waals surface area contributed by atoms with E-state index < -0.39 is 97.5 Å². The van der Waals surface area contributed by atoms with E-state index in [-0.39, 0.29) is 25.7 Å². The molecule has 5 atom stereocenters. The summed E-state index contributed by atoms with van der Waals surface area (Å²) in [6, 6.07) is 0. The van der Waals surface area contributed by atoms with Crippen molar-refractivity contribution in [3.05, 3.63) is 0 Å². The topological polar surface area (TPSA) is 237 Å². The quantitative estimate of drug-likeness (QED) is 0.0222. The molecule has 0 amide bonds. The highest BCUT2D eigenvalue weighted by molar-refractivity contribution is 7.47. The maximum absolute atomic E-state index is 13.0. The van der Waals surface area contributed by atoms with Crippen molar-refractivity contribution >= 4 is 39.5 Å². The van der Waals surface area contributed by atoms with Gasteiger partial charge in [0.2, 0.25) is 0 Å². The van der Waals surface area contributed by atoms with E-state index in [9.17, 15) is 43.2 Å². The second-order valence-corrected chi connectivity index (χ2v) is 30.4. The molecule has 0 radical (unpaired) electrons. The molecule has 0 spiro atoms. The molecule has 3 N–H and O–H groups in total. The predicted molar refractivity (Wildman–Crippen MR) is 363 cm³/mol.